The van der Waals surface area contributed by atoms with Gasteiger partial charge >= 0.3 is 18.1 Å². The molecule has 1 aromatic carbocycles. The van der Waals surface area contributed by atoms with Gasteiger partial charge in [0.15, 0.2) is 0 Å². The number of methoxy groups -OCH3 is 1. The first-order chi connectivity index (χ1) is 12.2. The lowest BCUT2D eigenvalue weighted by atomic mass is 10.1. The first-order valence-electron chi connectivity index (χ1n) is 7.67. The number of alkyl halides is 3. The van der Waals surface area contributed by atoms with E-state index in [-0.39, 0.29) is 11.9 Å². The number of likely N-dealkylation sites (N-methyl/N-ethyl adjacent to an activating group) is 1. The topological polar surface area (TPSA) is 71.7 Å². The van der Waals surface area contributed by atoms with Gasteiger partial charge in [0.05, 0.1) is 6.61 Å². The van der Waals surface area contributed by atoms with Crippen LogP contribution >= 0.6 is 0 Å². The Labute approximate surface area is 148 Å². The van der Waals surface area contributed by atoms with Crippen LogP contribution in [-0.4, -0.2) is 60.3 Å². The molecule has 0 spiro atoms. The Morgan fingerprint density at radius 3 is 2.38 bits per heavy atom. The molecular formula is C16H19F3N4O3. The van der Waals surface area contributed by atoms with Gasteiger partial charge in [-0.05, 0) is 5.56 Å². The zero-order valence-corrected chi connectivity index (χ0v) is 14.6. The lowest BCUT2D eigenvalue weighted by Gasteiger charge is -2.24. The molecule has 10 heteroatoms. The lowest BCUT2D eigenvalue weighted by Crippen LogP contribution is -2.39. The third kappa shape index (κ3) is 4.94. The van der Waals surface area contributed by atoms with Crippen LogP contribution in [0, 0.1) is 0 Å². The number of carbonyl (C=O) groups is 1. The van der Waals surface area contributed by atoms with Crippen LogP contribution < -0.4 is 0 Å². The quantitative estimate of drug-likeness (QED) is 0.780. The number of hydrogen-bond acceptors (Lipinski definition) is 5. The molecule has 1 heterocycles. The Morgan fingerprint density at radius 1 is 1.19 bits per heavy atom. The number of halogens is 3. The zero-order valence-electron chi connectivity index (χ0n) is 14.6. The van der Waals surface area contributed by atoms with Gasteiger partial charge in [-0.3, -0.25) is 0 Å². The smallest absolute Gasteiger partial charge is 0.383 e. The molecular weight excluding hydrogens is 353 g/mol. The van der Waals surface area contributed by atoms with Crippen molar-refractivity contribution in [2.75, 3.05) is 34.4 Å². The molecule has 0 saturated carbocycles. The molecule has 1 aromatic heterocycles. The van der Waals surface area contributed by atoms with E-state index in [0.717, 1.165) is 5.56 Å². The van der Waals surface area contributed by atoms with Crippen LogP contribution in [0.1, 0.15) is 11.5 Å². The fraction of sp³-hybridized carbons (Fsp3) is 0.438. The average molecular weight is 372 g/mol. The second-order valence-corrected chi connectivity index (χ2v) is 5.67. The first kappa shape index (κ1) is 19.7. The second kappa shape index (κ2) is 8.17. The summed E-state index contributed by atoms with van der Waals surface area (Å²) >= 11 is 0. The summed E-state index contributed by atoms with van der Waals surface area (Å²) in [5.74, 6) is -1.53. The van der Waals surface area contributed by atoms with Gasteiger partial charge < -0.3 is 19.1 Å². The molecule has 26 heavy (non-hydrogen) atoms. The summed E-state index contributed by atoms with van der Waals surface area (Å²) in [6.07, 6.45) is -4.68. The molecule has 0 saturated heterocycles. The minimum Gasteiger partial charge on any atom is -0.383 e. The van der Waals surface area contributed by atoms with E-state index in [1.54, 1.807) is 45.5 Å². The van der Waals surface area contributed by atoms with Crippen molar-refractivity contribution in [3.05, 3.63) is 35.7 Å². The number of urea groups is 1. The van der Waals surface area contributed by atoms with E-state index < -0.39 is 12.1 Å². The second-order valence-electron chi connectivity index (χ2n) is 5.67. The highest BCUT2D eigenvalue weighted by Crippen LogP contribution is 2.29. The highest BCUT2D eigenvalue weighted by atomic mass is 19.4. The van der Waals surface area contributed by atoms with Crippen LogP contribution in [0.15, 0.2) is 28.8 Å². The van der Waals surface area contributed by atoms with Gasteiger partial charge in [0, 0.05) is 39.9 Å². The van der Waals surface area contributed by atoms with Gasteiger partial charge in [-0.25, -0.2) is 4.79 Å². The van der Waals surface area contributed by atoms with Gasteiger partial charge in [-0.2, -0.15) is 18.2 Å². The summed E-state index contributed by atoms with van der Waals surface area (Å²) in [7, 11) is 4.90. The molecule has 0 fully saturated rings. The van der Waals surface area contributed by atoms with E-state index in [9.17, 15) is 18.0 Å². The van der Waals surface area contributed by atoms with Crippen molar-refractivity contribution in [2.24, 2.45) is 0 Å². The third-order valence-electron chi connectivity index (χ3n) is 3.58. The third-order valence-corrected chi connectivity index (χ3v) is 3.58. The fourth-order valence-electron chi connectivity index (χ4n) is 2.17. The highest BCUT2D eigenvalue weighted by Gasteiger charge is 2.38. The maximum Gasteiger partial charge on any atom is 0.471 e. The van der Waals surface area contributed by atoms with Crippen LogP contribution in [0.5, 0.6) is 0 Å². The van der Waals surface area contributed by atoms with Gasteiger partial charge in [0.1, 0.15) is 0 Å². The summed E-state index contributed by atoms with van der Waals surface area (Å²) in [6.45, 7) is 1.25. The molecule has 0 N–H and O–H groups in total. The summed E-state index contributed by atoms with van der Waals surface area (Å²) in [6, 6.07) is 6.37. The van der Waals surface area contributed by atoms with Crippen molar-refractivity contribution in [3.8, 4) is 11.4 Å². The van der Waals surface area contributed by atoms with Crippen molar-refractivity contribution in [2.45, 2.75) is 12.7 Å². The first-order valence-corrected chi connectivity index (χ1v) is 7.67. The van der Waals surface area contributed by atoms with Crippen LogP contribution in [0.3, 0.4) is 0 Å². The van der Waals surface area contributed by atoms with Crippen molar-refractivity contribution < 1.29 is 27.2 Å². The molecule has 2 amide bonds. The number of benzene rings is 1. The summed E-state index contributed by atoms with van der Waals surface area (Å²) in [4.78, 5) is 18.6. The van der Waals surface area contributed by atoms with Crippen LogP contribution in [0.4, 0.5) is 18.0 Å². The number of rotatable bonds is 6. The summed E-state index contributed by atoms with van der Waals surface area (Å²) < 4.78 is 46.6. The molecule has 0 aliphatic carbocycles. The molecule has 0 aliphatic heterocycles. The molecule has 0 aliphatic rings. The Kier molecular flexibility index (Phi) is 6.19. The minimum atomic E-state index is -4.68. The molecule has 0 unspecified atom stereocenters. The van der Waals surface area contributed by atoms with E-state index in [1.165, 1.54) is 9.80 Å². The monoisotopic (exact) mass is 372 g/mol. The van der Waals surface area contributed by atoms with Gasteiger partial charge in [-0.15, -0.1) is 0 Å². The maximum atomic E-state index is 12.5. The number of amides is 2. The Hall–Kier alpha value is -2.62. The molecule has 2 rings (SSSR count). The number of ether oxygens (including phenoxy) is 1. The van der Waals surface area contributed by atoms with E-state index in [2.05, 4.69) is 14.7 Å². The molecule has 0 bridgehead atoms. The largest absolute Gasteiger partial charge is 0.471 e. The van der Waals surface area contributed by atoms with Gasteiger partial charge in [0.2, 0.25) is 5.82 Å². The van der Waals surface area contributed by atoms with Crippen LogP contribution in [-0.2, 0) is 17.5 Å². The highest BCUT2D eigenvalue weighted by molar-refractivity contribution is 5.73. The molecule has 142 valence electrons. The number of hydrogen-bond donors (Lipinski definition) is 0. The molecule has 2 aromatic rings. The molecule has 0 atom stereocenters. The number of aromatic nitrogens is 2. The van der Waals surface area contributed by atoms with Crippen LogP contribution in [0.25, 0.3) is 11.4 Å². The van der Waals surface area contributed by atoms with Crippen molar-refractivity contribution in [1.29, 1.82) is 0 Å². The fourth-order valence-corrected chi connectivity index (χ4v) is 2.17. The van der Waals surface area contributed by atoms with E-state index in [0.29, 0.717) is 25.3 Å². The number of nitrogens with zero attached hydrogens (tertiary/aromatic N) is 4. The number of carbonyl (C=O) groups excluding carboxylic acids is 1. The zero-order chi connectivity index (χ0) is 19.3. The Bertz CT molecular complexity index is 731. The SMILES string of the molecule is COCCN(C)C(=O)N(C)Cc1ccc(-c2noc(C(F)(F)F)n2)cc1. The average Bonchev–Trinajstić information content (AvgIpc) is 3.10. The predicted octanol–water partition coefficient (Wildman–Crippen LogP) is 2.89. The minimum absolute atomic E-state index is 0.146. The Morgan fingerprint density at radius 2 is 1.85 bits per heavy atom. The van der Waals surface area contributed by atoms with E-state index >= 15 is 0 Å². The molecule has 0 radical (unpaired) electrons. The maximum absolute atomic E-state index is 12.5. The lowest BCUT2D eigenvalue weighted by molar-refractivity contribution is -0.159. The Balaban J connectivity index is 2.01. The summed E-state index contributed by atoms with van der Waals surface area (Å²) in [5.41, 5.74) is 1.20. The molecule has 7 nitrogen and oxygen atoms in total. The van der Waals surface area contributed by atoms with E-state index in [4.69, 9.17) is 4.74 Å². The van der Waals surface area contributed by atoms with Crippen molar-refractivity contribution >= 4 is 6.03 Å². The standard InChI is InChI=1S/C16H19F3N4O3/c1-22(8-9-25-3)15(24)23(2)10-11-4-6-12(7-5-11)13-20-14(26-21-13)16(17,18)19/h4-7H,8-10H2,1-3H3. The van der Waals surface area contributed by atoms with Crippen LogP contribution in [0.2, 0.25) is 0 Å². The van der Waals surface area contributed by atoms with E-state index in [1.807, 2.05) is 0 Å². The predicted molar refractivity (Wildman–Crippen MR) is 86.1 cm³/mol. The van der Waals surface area contributed by atoms with Crippen molar-refractivity contribution in [1.82, 2.24) is 19.9 Å². The van der Waals surface area contributed by atoms with Crippen molar-refractivity contribution in [3.63, 3.8) is 0 Å². The van der Waals surface area contributed by atoms with Gasteiger partial charge in [0.25, 0.3) is 0 Å². The summed E-state index contributed by atoms with van der Waals surface area (Å²) in [5, 5.41) is 3.33. The normalized spacial score (nSPS) is 11.5. The van der Waals surface area contributed by atoms with Gasteiger partial charge in [-0.1, -0.05) is 29.4 Å².